The maximum atomic E-state index is 14.0. The molecule has 178 valence electrons. The van der Waals surface area contributed by atoms with E-state index in [2.05, 4.69) is 22.5 Å². The van der Waals surface area contributed by atoms with Crippen molar-refractivity contribution < 1.29 is 18.0 Å². The molecule has 1 unspecified atom stereocenters. The Balaban J connectivity index is 1.40. The van der Waals surface area contributed by atoms with Crippen molar-refractivity contribution in [3.8, 4) is 0 Å². The van der Waals surface area contributed by atoms with E-state index in [-0.39, 0.29) is 29.8 Å². The second-order valence-corrected chi connectivity index (χ2v) is 9.07. The molecule has 5 rings (SSSR count). The van der Waals surface area contributed by atoms with E-state index in [4.69, 9.17) is 0 Å². The van der Waals surface area contributed by atoms with Crippen LogP contribution in [0.25, 0.3) is 0 Å². The van der Waals surface area contributed by atoms with Gasteiger partial charge in [0.2, 0.25) is 0 Å². The van der Waals surface area contributed by atoms with E-state index >= 15 is 0 Å². The number of amides is 1. The summed E-state index contributed by atoms with van der Waals surface area (Å²) >= 11 is 0. The van der Waals surface area contributed by atoms with Crippen molar-refractivity contribution in [3.63, 3.8) is 0 Å². The Morgan fingerprint density at radius 2 is 1.76 bits per heavy atom. The summed E-state index contributed by atoms with van der Waals surface area (Å²) in [7, 11) is 0. The molecule has 3 atom stereocenters. The number of carbonyl (C=O) groups excluding carboxylic acids is 1. The van der Waals surface area contributed by atoms with Gasteiger partial charge in [-0.2, -0.15) is 18.3 Å². The molecule has 3 heterocycles. The molecule has 0 spiro atoms. The van der Waals surface area contributed by atoms with Gasteiger partial charge < -0.3 is 10.2 Å². The summed E-state index contributed by atoms with van der Waals surface area (Å²) in [6.45, 7) is 0.605. The monoisotopic (exact) mass is 468 g/mol. The maximum Gasteiger partial charge on any atom is 0.410 e. The number of benzene rings is 2. The van der Waals surface area contributed by atoms with Gasteiger partial charge in [-0.05, 0) is 36.8 Å². The molecular weight excluding hydrogens is 441 g/mol. The van der Waals surface area contributed by atoms with Crippen LogP contribution in [0.3, 0.4) is 0 Å². The van der Waals surface area contributed by atoms with E-state index in [1.165, 1.54) is 11.8 Å². The number of halogens is 3. The van der Waals surface area contributed by atoms with Crippen molar-refractivity contribution in [1.29, 1.82) is 0 Å². The van der Waals surface area contributed by atoms with Crippen LogP contribution in [0, 0.1) is 0 Å². The van der Waals surface area contributed by atoms with E-state index in [0.717, 1.165) is 35.9 Å². The molecule has 1 amide bonds. The van der Waals surface area contributed by atoms with E-state index in [1.807, 2.05) is 29.2 Å². The molecule has 0 aliphatic carbocycles. The van der Waals surface area contributed by atoms with E-state index in [1.54, 1.807) is 24.3 Å². The second-order valence-electron chi connectivity index (χ2n) is 9.07. The van der Waals surface area contributed by atoms with Gasteiger partial charge in [0.25, 0.3) is 5.91 Å². The molecule has 1 N–H and O–H groups in total. The molecule has 1 aromatic heterocycles. The zero-order valence-electron chi connectivity index (χ0n) is 18.7. The highest BCUT2D eigenvalue weighted by atomic mass is 19.4. The Morgan fingerprint density at radius 1 is 1.06 bits per heavy atom. The Morgan fingerprint density at radius 3 is 2.47 bits per heavy atom. The quantitative estimate of drug-likeness (QED) is 0.516. The lowest BCUT2D eigenvalue weighted by Gasteiger charge is -2.34. The Bertz CT molecular complexity index is 1130. The fourth-order valence-corrected chi connectivity index (χ4v) is 5.16. The van der Waals surface area contributed by atoms with Gasteiger partial charge >= 0.3 is 6.18 Å². The Kier molecular flexibility index (Phi) is 6.06. The first-order valence-electron chi connectivity index (χ1n) is 11.7. The first-order valence-corrected chi connectivity index (χ1v) is 11.7. The number of fused-ring (bicyclic) bond motifs is 1. The van der Waals surface area contributed by atoms with Crippen LogP contribution in [-0.2, 0) is 6.42 Å². The van der Waals surface area contributed by atoms with E-state index < -0.39 is 18.3 Å². The standard InChI is InChI=1S/C26H27F3N4O/c27-26(28,29)23-16-22(19-10-5-2-6-11-19)31-24-21(17-30-33(23)24)25(34)32-15-7-12-20(32)14-13-18-8-3-1-4-9-18/h1-6,8-11,17,20,22-23,31H,7,12-16H2/t20?,22-,23+/m1/s1. The smallest absolute Gasteiger partial charge is 0.363 e. The van der Waals surface area contributed by atoms with Gasteiger partial charge in [0.1, 0.15) is 11.4 Å². The normalized spacial score (nSPS) is 22.3. The fraction of sp³-hybridized carbons (Fsp3) is 0.385. The first kappa shape index (κ1) is 22.5. The van der Waals surface area contributed by atoms with Crippen LogP contribution >= 0.6 is 0 Å². The topological polar surface area (TPSA) is 50.2 Å². The van der Waals surface area contributed by atoms with Crippen molar-refractivity contribution in [2.75, 3.05) is 11.9 Å². The lowest BCUT2D eigenvalue weighted by atomic mass is 9.96. The summed E-state index contributed by atoms with van der Waals surface area (Å²) < 4.78 is 42.8. The number of likely N-dealkylation sites (tertiary alicyclic amines) is 1. The summed E-state index contributed by atoms with van der Waals surface area (Å²) in [5, 5.41) is 7.22. The highest BCUT2D eigenvalue weighted by molar-refractivity contribution is 5.99. The second kappa shape index (κ2) is 9.16. The third-order valence-corrected chi connectivity index (χ3v) is 6.92. The fourth-order valence-electron chi connectivity index (χ4n) is 5.16. The number of nitrogens with zero attached hydrogens (tertiary/aromatic N) is 3. The molecule has 5 nitrogen and oxygen atoms in total. The number of rotatable bonds is 5. The zero-order valence-corrected chi connectivity index (χ0v) is 18.7. The van der Waals surface area contributed by atoms with E-state index in [9.17, 15) is 18.0 Å². The van der Waals surface area contributed by atoms with Crippen LogP contribution in [0.15, 0.2) is 66.9 Å². The molecule has 34 heavy (non-hydrogen) atoms. The third kappa shape index (κ3) is 4.41. The lowest BCUT2D eigenvalue weighted by molar-refractivity contribution is -0.173. The summed E-state index contributed by atoms with van der Waals surface area (Å²) in [5.74, 6) is -0.0971. The number of hydrogen-bond donors (Lipinski definition) is 1. The molecule has 8 heteroatoms. The van der Waals surface area contributed by atoms with Crippen LogP contribution in [0.1, 0.15) is 59.3 Å². The highest BCUT2D eigenvalue weighted by Gasteiger charge is 2.47. The SMILES string of the molecule is O=C(c1cnn2c1N[C@@H](c1ccccc1)C[C@H]2C(F)(F)F)N1CCCC1CCc1ccccc1. The maximum absolute atomic E-state index is 14.0. The average molecular weight is 469 g/mol. The number of anilines is 1. The molecule has 0 bridgehead atoms. The van der Waals surface area contributed by atoms with Gasteiger partial charge in [-0.3, -0.25) is 4.79 Å². The van der Waals surface area contributed by atoms with Crippen LogP contribution < -0.4 is 5.32 Å². The van der Waals surface area contributed by atoms with Crippen molar-refractivity contribution in [2.24, 2.45) is 0 Å². The first-order chi connectivity index (χ1) is 16.4. The van der Waals surface area contributed by atoms with Gasteiger partial charge in [0.05, 0.1) is 12.2 Å². The molecule has 0 radical (unpaired) electrons. The zero-order chi connectivity index (χ0) is 23.7. The Labute approximate surface area is 196 Å². The molecular formula is C26H27F3N4O. The molecule has 2 aliphatic heterocycles. The molecule has 1 saturated heterocycles. The summed E-state index contributed by atoms with van der Waals surface area (Å²) in [4.78, 5) is 15.4. The number of nitrogens with one attached hydrogen (secondary N) is 1. The molecule has 3 aromatic rings. The van der Waals surface area contributed by atoms with Gasteiger partial charge in [0.15, 0.2) is 6.04 Å². The van der Waals surface area contributed by atoms with Gasteiger partial charge in [0, 0.05) is 19.0 Å². The Hall–Kier alpha value is -3.29. The largest absolute Gasteiger partial charge is 0.410 e. The van der Waals surface area contributed by atoms with Crippen molar-refractivity contribution >= 4 is 11.7 Å². The van der Waals surface area contributed by atoms with Crippen molar-refractivity contribution in [3.05, 3.63) is 83.6 Å². The molecule has 0 saturated carbocycles. The minimum absolute atomic E-state index is 0.0650. The summed E-state index contributed by atoms with van der Waals surface area (Å²) in [6.07, 6.45) is 0.105. The highest BCUT2D eigenvalue weighted by Crippen LogP contribution is 2.44. The summed E-state index contributed by atoms with van der Waals surface area (Å²) in [5.41, 5.74) is 2.18. The van der Waals surface area contributed by atoms with Crippen LogP contribution in [0.5, 0.6) is 0 Å². The predicted octanol–water partition coefficient (Wildman–Crippen LogP) is 5.78. The number of aryl methyl sites for hydroxylation is 1. The van der Waals surface area contributed by atoms with Crippen molar-refractivity contribution in [1.82, 2.24) is 14.7 Å². The van der Waals surface area contributed by atoms with Crippen molar-refractivity contribution in [2.45, 2.75) is 56.4 Å². The molecule has 2 aromatic carbocycles. The minimum atomic E-state index is -4.47. The lowest BCUT2D eigenvalue weighted by Crippen LogP contribution is -2.38. The predicted molar refractivity (Wildman–Crippen MR) is 124 cm³/mol. The molecule has 1 fully saturated rings. The van der Waals surface area contributed by atoms with Crippen LogP contribution in [0.4, 0.5) is 19.0 Å². The van der Waals surface area contributed by atoms with Crippen LogP contribution in [-0.4, -0.2) is 39.4 Å². The van der Waals surface area contributed by atoms with Gasteiger partial charge in [-0.25, -0.2) is 4.68 Å². The van der Waals surface area contributed by atoms with E-state index in [0.29, 0.717) is 6.54 Å². The van der Waals surface area contributed by atoms with Crippen LogP contribution in [0.2, 0.25) is 0 Å². The molecule has 2 aliphatic rings. The van der Waals surface area contributed by atoms with Gasteiger partial charge in [-0.1, -0.05) is 60.7 Å². The average Bonchev–Trinajstić information content (AvgIpc) is 3.49. The summed E-state index contributed by atoms with van der Waals surface area (Å²) in [6, 6.07) is 16.9. The number of alkyl halides is 3. The third-order valence-electron chi connectivity index (χ3n) is 6.92. The van der Waals surface area contributed by atoms with Gasteiger partial charge in [-0.15, -0.1) is 0 Å². The number of carbonyl (C=O) groups is 1. The minimum Gasteiger partial charge on any atom is -0.363 e. The number of aromatic nitrogens is 2. The number of hydrogen-bond acceptors (Lipinski definition) is 3.